The number of carbonyl (C=O) groups excluding carboxylic acids is 4. The Hall–Kier alpha value is -4.26. The Bertz CT molecular complexity index is 1250. The third-order valence-corrected chi connectivity index (χ3v) is 5.63. The van der Waals surface area contributed by atoms with Gasteiger partial charge in [-0.2, -0.15) is 0 Å². The smallest absolute Gasteiger partial charge is 0.311 e. The van der Waals surface area contributed by atoms with Gasteiger partial charge in [0, 0.05) is 24.2 Å². The van der Waals surface area contributed by atoms with E-state index in [1.54, 1.807) is 48.5 Å². The fourth-order valence-corrected chi connectivity index (χ4v) is 3.75. The molecule has 0 aliphatic carbocycles. The van der Waals surface area contributed by atoms with E-state index in [1.807, 2.05) is 32.0 Å². The molecule has 0 bridgehead atoms. The number of carbonyl (C=O) groups is 4. The first-order valence-corrected chi connectivity index (χ1v) is 11.0. The second kappa shape index (κ2) is 9.70. The van der Waals surface area contributed by atoms with Crippen molar-refractivity contribution in [2.75, 3.05) is 11.9 Å². The van der Waals surface area contributed by atoms with Crippen LogP contribution < -0.4 is 10.1 Å². The molecule has 7 nitrogen and oxygen atoms in total. The van der Waals surface area contributed by atoms with Gasteiger partial charge in [-0.05, 0) is 73.9 Å². The van der Waals surface area contributed by atoms with Gasteiger partial charge in [-0.1, -0.05) is 24.3 Å². The van der Waals surface area contributed by atoms with Crippen LogP contribution in [0, 0.1) is 13.8 Å². The molecule has 1 aliphatic heterocycles. The first-order chi connectivity index (χ1) is 16.3. The number of esters is 1. The summed E-state index contributed by atoms with van der Waals surface area (Å²) in [7, 11) is 0. The molecule has 3 aromatic carbocycles. The van der Waals surface area contributed by atoms with Gasteiger partial charge in [0.15, 0.2) is 0 Å². The maximum Gasteiger partial charge on any atom is 0.311 e. The molecule has 0 atom stereocenters. The summed E-state index contributed by atoms with van der Waals surface area (Å²) in [5.74, 6) is -1.11. The monoisotopic (exact) mass is 456 g/mol. The third kappa shape index (κ3) is 4.88. The minimum Gasteiger partial charge on any atom is -0.427 e. The van der Waals surface area contributed by atoms with E-state index >= 15 is 0 Å². The lowest BCUT2D eigenvalue weighted by Gasteiger charge is -2.13. The van der Waals surface area contributed by atoms with E-state index < -0.39 is 5.97 Å². The number of imide groups is 1. The molecular weight excluding hydrogens is 432 g/mol. The van der Waals surface area contributed by atoms with Crippen molar-refractivity contribution in [3.8, 4) is 5.75 Å². The van der Waals surface area contributed by atoms with Crippen molar-refractivity contribution in [2.45, 2.75) is 26.7 Å². The van der Waals surface area contributed by atoms with Crippen LogP contribution in [0.1, 0.15) is 55.0 Å². The maximum atomic E-state index is 12.5. The van der Waals surface area contributed by atoms with Crippen molar-refractivity contribution in [1.29, 1.82) is 0 Å². The first-order valence-electron chi connectivity index (χ1n) is 11.0. The van der Waals surface area contributed by atoms with Gasteiger partial charge in [0.1, 0.15) is 5.75 Å². The summed E-state index contributed by atoms with van der Waals surface area (Å²) in [4.78, 5) is 50.6. The fourth-order valence-electron chi connectivity index (χ4n) is 3.75. The van der Waals surface area contributed by atoms with Gasteiger partial charge in [-0.3, -0.25) is 24.1 Å². The molecule has 1 heterocycles. The van der Waals surface area contributed by atoms with Gasteiger partial charge >= 0.3 is 5.97 Å². The minimum absolute atomic E-state index is 0.0439. The van der Waals surface area contributed by atoms with Gasteiger partial charge in [0.2, 0.25) is 0 Å². The molecule has 3 aromatic rings. The summed E-state index contributed by atoms with van der Waals surface area (Å²) >= 11 is 0. The van der Waals surface area contributed by atoms with Crippen LogP contribution in [0.25, 0.3) is 0 Å². The average molecular weight is 456 g/mol. The molecule has 0 saturated carbocycles. The van der Waals surface area contributed by atoms with Gasteiger partial charge in [-0.25, -0.2) is 0 Å². The van der Waals surface area contributed by atoms with E-state index in [-0.39, 0.29) is 30.7 Å². The van der Waals surface area contributed by atoms with Gasteiger partial charge < -0.3 is 10.1 Å². The third-order valence-electron chi connectivity index (χ3n) is 5.63. The fraction of sp³-hybridized carbons (Fsp3) is 0.185. The Morgan fingerprint density at radius 1 is 0.882 bits per heavy atom. The zero-order chi connectivity index (χ0) is 24.2. The van der Waals surface area contributed by atoms with Gasteiger partial charge in [0.25, 0.3) is 17.7 Å². The van der Waals surface area contributed by atoms with Gasteiger partial charge in [-0.15, -0.1) is 0 Å². The normalized spacial score (nSPS) is 12.5. The predicted molar refractivity (Wildman–Crippen MR) is 127 cm³/mol. The van der Waals surface area contributed by atoms with Crippen LogP contribution in [0.3, 0.4) is 0 Å². The molecule has 0 fully saturated rings. The molecular formula is C27H24N2O5. The van der Waals surface area contributed by atoms with Gasteiger partial charge in [0.05, 0.1) is 11.1 Å². The van der Waals surface area contributed by atoms with Crippen molar-refractivity contribution in [3.05, 3.63) is 94.5 Å². The summed E-state index contributed by atoms with van der Waals surface area (Å²) < 4.78 is 5.32. The van der Waals surface area contributed by atoms with E-state index in [0.29, 0.717) is 28.9 Å². The average Bonchev–Trinajstić information content (AvgIpc) is 3.07. The Kier molecular flexibility index (Phi) is 6.54. The lowest BCUT2D eigenvalue weighted by molar-refractivity contribution is -0.134. The van der Waals surface area contributed by atoms with E-state index in [0.717, 1.165) is 21.7 Å². The van der Waals surface area contributed by atoms with E-state index in [1.165, 1.54) is 0 Å². The zero-order valence-corrected chi connectivity index (χ0v) is 19.0. The number of hydrogen-bond acceptors (Lipinski definition) is 5. The van der Waals surface area contributed by atoms with Crippen LogP contribution in [0.4, 0.5) is 5.69 Å². The minimum atomic E-state index is -0.482. The van der Waals surface area contributed by atoms with Crippen LogP contribution in [0.5, 0.6) is 5.75 Å². The highest BCUT2D eigenvalue weighted by molar-refractivity contribution is 6.21. The number of nitrogens with zero attached hydrogens (tertiary/aromatic N) is 1. The molecule has 7 heteroatoms. The number of benzene rings is 3. The van der Waals surface area contributed by atoms with Crippen LogP contribution in [-0.4, -0.2) is 35.1 Å². The molecule has 4 rings (SSSR count). The molecule has 172 valence electrons. The highest BCUT2D eigenvalue weighted by Gasteiger charge is 2.34. The van der Waals surface area contributed by atoms with E-state index in [4.69, 9.17) is 4.74 Å². The van der Waals surface area contributed by atoms with Crippen molar-refractivity contribution in [2.24, 2.45) is 0 Å². The second-order valence-electron chi connectivity index (χ2n) is 8.18. The van der Waals surface area contributed by atoms with Crippen molar-refractivity contribution < 1.29 is 23.9 Å². The first kappa shape index (κ1) is 22.9. The molecule has 0 radical (unpaired) electrons. The highest BCUT2D eigenvalue weighted by atomic mass is 16.5. The number of aryl methyl sites for hydroxylation is 2. The lowest BCUT2D eigenvalue weighted by atomic mass is 10.1. The molecule has 0 unspecified atom stereocenters. The number of ether oxygens (including phenoxy) is 1. The summed E-state index contributed by atoms with van der Waals surface area (Å²) in [6.07, 6.45) is 0.336. The molecule has 0 aromatic heterocycles. The molecule has 1 N–H and O–H groups in total. The Morgan fingerprint density at radius 2 is 1.53 bits per heavy atom. The summed E-state index contributed by atoms with van der Waals surface area (Å²) in [5, 5.41) is 2.89. The summed E-state index contributed by atoms with van der Waals surface area (Å²) in [6.45, 7) is 4.02. The Balaban J connectivity index is 1.27. The topological polar surface area (TPSA) is 92.8 Å². The van der Waals surface area contributed by atoms with Crippen LogP contribution in [0.2, 0.25) is 0 Å². The summed E-state index contributed by atoms with van der Waals surface area (Å²) in [5.41, 5.74) is 3.97. The van der Waals surface area contributed by atoms with Crippen molar-refractivity contribution >= 4 is 29.4 Å². The van der Waals surface area contributed by atoms with Crippen molar-refractivity contribution in [3.63, 3.8) is 0 Å². The number of rotatable bonds is 7. The molecule has 3 amide bonds. The lowest BCUT2D eigenvalue weighted by Crippen LogP contribution is -2.31. The van der Waals surface area contributed by atoms with E-state index in [2.05, 4.69) is 5.32 Å². The standard InChI is InChI=1S/C27H24N2O5/c1-17-9-10-18(2)23(16-17)28-25(31)19-11-13-20(14-12-19)34-24(30)8-5-15-29-26(32)21-6-3-4-7-22(21)27(29)33/h3-4,6-7,9-14,16H,5,8,15H2,1-2H3,(H,28,31). The Labute approximate surface area is 197 Å². The largest absolute Gasteiger partial charge is 0.427 e. The summed E-state index contributed by atoms with van der Waals surface area (Å²) in [6, 6.07) is 18.8. The number of fused-ring (bicyclic) bond motifs is 1. The zero-order valence-electron chi connectivity index (χ0n) is 19.0. The Morgan fingerprint density at radius 3 is 2.18 bits per heavy atom. The number of hydrogen-bond donors (Lipinski definition) is 1. The number of nitrogens with one attached hydrogen (secondary N) is 1. The van der Waals surface area contributed by atoms with Crippen LogP contribution in [0.15, 0.2) is 66.7 Å². The molecule has 0 saturated heterocycles. The molecule has 1 aliphatic rings. The quantitative estimate of drug-likeness (QED) is 0.320. The maximum absolute atomic E-state index is 12.5. The second-order valence-corrected chi connectivity index (χ2v) is 8.18. The highest BCUT2D eigenvalue weighted by Crippen LogP contribution is 2.23. The van der Waals surface area contributed by atoms with Crippen LogP contribution >= 0.6 is 0 Å². The SMILES string of the molecule is Cc1ccc(C)c(NC(=O)c2ccc(OC(=O)CCCN3C(=O)c4ccccc4C3=O)cc2)c1. The molecule has 0 spiro atoms. The van der Waals surface area contributed by atoms with Crippen LogP contribution in [-0.2, 0) is 4.79 Å². The van der Waals surface area contributed by atoms with E-state index in [9.17, 15) is 19.2 Å². The molecule has 34 heavy (non-hydrogen) atoms. The number of anilines is 1. The van der Waals surface area contributed by atoms with Crippen molar-refractivity contribution in [1.82, 2.24) is 4.90 Å². The predicted octanol–water partition coefficient (Wildman–Crippen LogP) is 4.54. The number of amides is 3.